The maximum absolute atomic E-state index is 6.31. The van der Waals surface area contributed by atoms with Gasteiger partial charge in [-0.25, -0.2) is 15.0 Å². The molecule has 3 aromatic heterocycles. The number of aromatic nitrogens is 3. The number of benzene rings is 8. The molecular formula is C51H31N3OS. The van der Waals surface area contributed by atoms with Gasteiger partial charge in [-0.05, 0) is 57.6 Å². The molecule has 5 heteroatoms. The molecule has 0 aliphatic rings. The van der Waals surface area contributed by atoms with Crippen molar-refractivity contribution in [1.82, 2.24) is 15.0 Å². The van der Waals surface area contributed by atoms with Gasteiger partial charge in [-0.2, -0.15) is 0 Å². The van der Waals surface area contributed by atoms with Gasteiger partial charge in [0, 0.05) is 47.6 Å². The molecular weight excluding hydrogens is 703 g/mol. The average molecular weight is 734 g/mol. The van der Waals surface area contributed by atoms with Crippen molar-refractivity contribution in [3.8, 4) is 67.5 Å². The van der Waals surface area contributed by atoms with Crippen LogP contribution in [-0.2, 0) is 0 Å². The summed E-state index contributed by atoms with van der Waals surface area (Å²) in [5, 5.41) is 4.68. The maximum atomic E-state index is 6.31. The van der Waals surface area contributed by atoms with Gasteiger partial charge in [0.05, 0.1) is 0 Å². The Bertz CT molecular complexity index is 3260. The molecule has 262 valence electrons. The van der Waals surface area contributed by atoms with E-state index < -0.39 is 0 Å². The Hall–Kier alpha value is -7.21. The van der Waals surface area contributed by atoms with Crippen LogP contribution in [0.3, 0.4) is 0 Å². The van der Waals surface area contributed by atoms with Gasteiger partial charge in [-0.15, -0.1) is 11.3 Å². The minimum atomic E-state index is 0.584. The number of hydrogen-bond donors (Lipinski definition) is 0. The van der Waals surface area contributed by atoms with Crippen LogP contribution in [0, 0.1) is 0 Å². The van der Waals surface area contributed by atoms with E-state index in [0.717, 1.165) is 55.3 Å². The van der Waals surface area contributed by atoms with Crippen molar-refractivity contribution in [2.24, 2.45) is 0 Å². The van der Waals surface area contributed by atoms with Crippen LogP contribution in [0.2, 0.25) is 0 Å². The van der Waals surface area contributed by atoms with Crippen LogP contribution in [0.1, 0.15) is 0 Å². The second-order valence-corrected chi connectivity index (χ2v) is 15.0. The topological polar surface area (TPSA) is 51.8 Å². The van der Waals surface area contributed by atoms with E-state index in [1.807, 2.05) is 47.7 Å². The van der Waals surface area contributed by atoms with E-state index in [1.165, 1.54) is 36.9 Å². The van der Waals surface area contributed by atoms with Crippen molar-refractivity contribution in [3.05, 3.63) is 188 Å². The molecule has 4 nitrogen and oxygen atoms in total. The van der Waals surface area contributed by atoms with E-state index in [2.05, 4.69) is 152 Å². The molecule has 0 fully saturated rings. The molecule has 0 aliphatic carbocycles. The second kappa shape index (κ2) is 13.3. The number of hydrogen-bond acceptors (Lipinski definition) is 5. The molecule has 0 radical (unpaired) electrons. The van der Waals surface area contributed by atoms with Crippen molar-refractivity contribution in [1.29, 1.82) is 0 Å². The Balaban J connectivity index is 1.09. The van der Waals surface area contributed by atoms with Crippen LogP contribution in [0.15, 0.2) is 192 Å². The Morgan fingerprint density at radius 2 is 0.786 bits per heavy atom. The lowest BCUT2D eigenvalue weighted by Gasteiger charge is -2.12. The molecule has 0 bridgehead atoms. The highest BCUT2D eigenvalue weighted by Crippen LogP contribution is 2.44. The molecule has 8 aromatic carbocycles. The minimum absolute atomic E-state index is 0.584. The predicted octanol–water partition coefficient (Wildman–Crippen LogP) is 14.1. The predicted molar refractivity (Wildman–Crippen MR) is 233 cm³/mol. The first-order chi connectivity index (χ1) is 27.7. The summed E-state index contributed by atoms with van der Waals surface area (Å²) in [6.45, 7) is 0. The molecule has 11 rings (SSSR count). The molecule has 0 unspecified atom stereocenters. The van der Waals surface area contributed by atoms with Crippen molar-refractivity contribution >= 4 is 53.4 Å². The second-order valence-electron chi connectivity index (χ2n) is 13.9. The number of fused-ring (bicyclic) bond motifs is 6. The highest BCUT2D eigenvalue weighted by atomic mass is 32.1. The lowest BCUT2D eigenvalue weighted by atomic mass is 9.98. The SMILES string of the molecule is c1ccc(-c2ccccc2-c2nc(-c3cccc(-c4cccc5c4sc4c(-c6ccccc6)cccc45)c3)nc(-c3ccc4c(c3)oc3ccccc34)n2)cc1. The highest BCUT2D eigenvalue weighted by Gasteiger charge is 2.19. The van der Waals surface area contributed by atoms with E-state index >= 15 is 0 Å². The zero-order valence-corrected chi connectivity index (χ0v) is 30.9. The summed E-state index contributed by atoms with van der Waals surface area (Å²) in [7, 11) is 0. The molecule has 3 heterocycles. The Kier molecular flexibility index (Phi) is 7.64. The van der Waals surface area contributed by atoms with Crippen LogP contribution >= 0.6 is 11.3 Å². The molecule has 0 N–H and O–H groups in total. The third-order valence-corrected chi connectivity index (χ3v) is 11.9. The number of thiophene rings is 1. The van der Waals surface area contributed by atoms with E-state index in [4.69, 9.17) is 19.4 Å². The molecule has 0 spiro atoms. The smallest absolute Gasteiger partial charge is 0.164 e. The zero-order chi connectivity index (χ0) is 37.0. The van der Waals surface area contributed by atoms with E-state index in [1.54, 1.807) is 0 Å². The number of furan rings is 1. The molecule has 11 aromatic rings. The fourth-order valence-corrected chi connectivity index (χ4v) is 9.26. The van der Waals surface area contributed by atoms with Crippen LogP contribution < -0.4 is 0 Å². The third-order valence-electron chi connectivity index (χ3n) is 10.6. The minimum Gasteiger partial charge on any atom is -0.456 e. The summed E-state index contributed by atoms with van der Waals surface area (Å²) in [6.07, 6.45) is 0. The van der Waals surface area contributed by atoms with Crippen LogP contribution in [-0.4, -0.2) is 15.0 Å². The molecule has 0 saturated carbocycles. The summed E-state index contributed by atoms with van der Waals surface area (Å²) >= 11 is 1.86. The van der Waals surface area contributed by atoms with Gasteiger partial charge in [-0.3, -0.25) is 0 Å². The Morgan fingerprint density at radius 1 is 0.304 bits per heavy atom. The van der Waals surface area contributed by atoms with Crippen LogP contribution in [0.5, 0.6) is 0 Å². The Labute approximate surface area is 327 Å². The summed E-state index contributed by atoms with van der Waals surface area (Å²) in [5.74, 6) is 1.80. The fraction of sp³-hybridized carbons (Fsp3) is 0. The van der Waals surface area contributed by atoms with E-state index in [9.17, 15) is 0 Å². The van der Waals surface area contributed by atoms with E-state index in [0.29, 0.717) is 17.5 Å². The van der Waals surface area contributed by atoms with Gasteiger partial charge < -0.3 is 4.42 Å². The quantitative estimate of drug-likeness (QED) is 0.171. The maximum Gasteiger partial charge on any atom is 0.164 e. The van der Waals surface area contributed by atoms with E-state index in [-0.39, 0.29) is 0 Å². The van der Waals surface area contributed by atoms with Gasteiger partial charge in [0.2, 0.25) is 0 Å². The van der Waals surface area contributed by atoms with Crippen molar-refractivity contribution in [2.75, 3.05) is 0 Å². The normalized spacial score (nSPS) is 11.6. The van der Waals surface area contributed by atoms with Gasteiger partial charge in [-0.1, -0.05) is 164 Å². The fourth-order valence-electron chi connectivity index (χ4n) is 7.89. The zero-order valence-electron chi connectivity index (χ0n) is 30.1. The summed E-state index contributed by atoms with van der Waals surface area (Å²) in [4.78, 5) is 15.6. The molecule has 0 saturated heterocycles. The van der Waals surface area contributed by atoms with Crippen molar-refractivity contribution in [3.63, 3.8) is 0 Å². The number of para-hydroxylation sites is 1. The van der Waals surface area contributed by atoms with Crippen molar-refractivity contribution in [2.45, 2.75) is 0 Å². The number of rotatable bonds is 6. The van der Waals surface area contributed by atoms with Gasteiger partial charge >= 0.3 is 0 Å². The third kappa shape index (κ3) is 5.48. The van der Waals surface area contributed by atoms with Gasteiger partial charge in [0.15, 0.2) is 17.5 Å². The summed E-state index contributed by atoms with van der Waals surface area (Å²) in [6, 6.07) is 65.6. The molecule has 56 heavy (non-hydrogen) atoms. The molecule has 0 aliphatic heterocycles. The summed E-state index contributed by atoms with van der Waals surface area (Å²) < 4.78 is 8.86. The Morgan fingerprint density at radius 3 is 1.52 bits per heavy atom. The highest BCUT2D eigenvalue weighted by molar-refractivity contribution is 7.26. The average Bonchev–Trinajstić information content (AvgIpc) is 3.85. The van der Waals surface area contributed by atoms with Crippen molar-refractivity contribution < 1.29 is 4.42 Å². The largest absolute Gasteiger partial charge is 0.456 e. The standard InChI is InChI=1S/C51H31N3OS/c1-3-14-32(15-4-1)37-20-7-8-22-44(37)51-53-49(52-50(54-51)36-28-29-41-40-21-9-10-27-45(40)55-46(41)31-36)35-19-11-18-34(30-35)39-24-13-26-43-42-25-12-23-38(47(42)56-48(39)43)33-16-5-2-6-17-33/h1-31H. The van der Waals surface area contributed by atoms with Crippen LogP contribution in [0.25, 0.3) is 110 Å². The number of nitrogens with zero attached hydrogens (tertiary/aromatic N) is 3. The first-order valence-electron chi connectivity index (χ1n) is 18.7. The molecule has 0 amide bonds. The lowest BCUT2D eigenvalue weighted by Crippen LogP contribution is -2.01. The lowest BCUT2D eigenvalue weighted by molar-refractivity contribution is 0.669. The van der Waals surface area contributed by atoms with Crippen LogP contribution in [0.4, 0.5) is 0 Å². The van der Waals surface area contributed by atoms with Gasteiger partial charge in [0.25, 0.3) is 0 Å². The summed E-state index contributed by atoms with van der Waals surface area (Å²) in [5.41, 5.74) is 11.3. The first kappa shape index (κ1) is 32.2. The monoisotopic (exact) mass is 733 g/mol. The first-order valence-corrected chi connectivity index (χ1v) is 19.5. The van der Waals surface area contributed by atoms with Gasteiger partial charge in [0.1, 0.15) is 11.2 Å². The molecule has 0 atom stereocenters.